The molecule has 0 radical (unpaired) electrons. The Kier molecular flexibility index (Phi) is 9.01. The van der Waals surface area contributed by atoms with Crippen LogP contribution in [0.25, 0.3) is 0 Å². The summed E-state index contributed by atoms with van der Waals surface area (Å²) in [6.45, 7) is 7.63. The molecule has 3 aromatic carbocycles. The van der Waals surface area contributed by atoms with E-state index >= 15 is 0 Å². The molecule has 0 bridgehead atoms. The number of ether oxygens (including phenoxy) is 1. The highest BCUT2D eigenvalue weighted by Crippen LogP contribution is 2.19. The molecule has 35 heavy (non-hydrogen) atoms. The fourth-order valence-corrected chi connectivity index (χ4v) is 3.97. The first kappa shape index (κ1) is 25.9. The average molecular weight is 477 g/mol. The van der Waals surface area contributed by atoms with Crippen LogP contribution in [-0.4, -0.2) is 35.4 Å². The molecule has 3 rings (SSSR count). The van der Waals surface area contributed by atoms with Crippen LogP contribution in [0.15, 0.2) is 72.8 Å². The maximum absolute atomic E-state index is 13.5. The summed E-state index contributed by atoms with van der Waals surface area (Å²) in [4.78, 5) is 28.4. The molecule has 3 aromatic rings. The van der Waals surface area contributed by atoms with Crippen LogP contribution in [0.2, 0.25) is 0 Å². The molecule has 0 aromatic heterocycles. The van der Waals surface area contributed by atoms with Crippen LogP contribution in [-0.2, 0) is 22.6 Å². The van der Waals surface area contributed by atoms with Crippen LogP contribution in [0.3, 0.4) is 0 Å². The predicted octanol–water partition coefficient (Wildman–Crippen LogP) is 4.99. The lowest BCUT2D eigenvalue weighted by molar-refractivity contribution is -0.143. The Balaban J connectivity index is 1.91. The fourth-order valence-electron chi connectivity index (χ4n) is 3.97. The second kappa shape index (κ2) is 12.2. The number of benzene rings is 3. The van der Waals surface area contributed by atoms with E-state index in [4.69, 9.17) is 4.74 Å². The lowest BCUT2D eigenvalue weighted by Crippen LogP contribution is -2.52. The summed E-state index contributed by atoms with van der Waals surface area (Å²) >= 11 is 0. The number of halogens is 1. The van der Waals surface area contributed by atoms with Crippen LogP contribution in [0.1, 0.15) is 36.1 Å². The molecule has 1 atom stereocenters. The van der Waals surface area contributed by atoms with Crippen molar-refractivity contribution >= 4 is 11.8 Å². The zero-order chi connectivity index (χ0) is 25.4. The summed E-state index contributed by atoms with van der Waals surface area (Å²) in [5.41, 5.74) is 3.73. The van der Waals surface area contributed by atoms with Gasteiger partial charge in [-0.25, -0.2) is 4.39 Å². The third kappa shape index (κ3) is 7.95. The number of nitrogens with one attached hydrogen (secondary N) is 1. The maximum Gasteiger partial charge on any atom is 0.261 e. The normalized spacial score (nSPS) is 11.7. The number of rotatable bonds is 10. The summed E-state index contributed by atoms with van der Waals surface area (Å²) < 4.78 is 19.4. The van der Waals surface area contributed by atoms with Gasteiger partial charge in [0.05, 0.1) is 0 Å². The van der Waals surface area contributed by atoms with Gasteiger partial charge in [-0.1, -0.05) is 48.5 Å². The average Bonchev–Trinajstić information content (AvgIpc) is 2.80. The molecular formula is C29H33FN2O3. The molecule has 0 unspecified atom stereocenters. The lowest BCUT2D eigenvalue weighted by Gasteiger charge is -2.32. The van der Waals surface area contributed by atoms with Crippen molar-refractivity contribution in [2.24, 2.45) is 0 Å². The van der Waals surface area contributed by atoms with Crippen molar-refractivity contribution in [2.45, 2.75) is 52.7 Å². The molecule has 0 aliphatic heterocycles. The van der Waals surface area contributed by atoms with E-state index in [1.54, 1.807) is 12.1 Å². The molecular weight excluding hydrogens is 443 g/mol. The quantitative estimate of drug-likeness (QED) is 0.449. The highest BCUT2D eigenvalue weighted by atomic mass is 19.1. The number of nitrogens with zero attached hydrogens (tertiary/aromatic N) is 1. The highest BCUT2D eigenvalue weighted by molar-refractivity contribution is 5.88. The first-order chi connectivity index (χ1) is 16.7. The first-order valence-corrected chi connectivity index (χ1v) is 11.8. The van der Waals surface area contributed by atoms with Gasteiger partial charge in [0.1, 0.15) is 17.6 Å². The summed E-state index contributed by atoms with van der Waals surface area (Å²) in [7, 11) is 0. The molecule has 184 valence electrons. The van der Waals surface area contributed by atoms with Crippen molar-refractivity contribution in [2.75, 3.05) is 6.61 Å². The predicted molar refractivity (Wildman–Crippen MR) is 136 cm³/mol. The van der Waals surface area contributed by atoms with Gasteiger partial charge in [0.2, 0.25) is 5.91 Å². The van der Waals surface area contributed by atoms with Crippen LogP contribution >= 0.6 is 0 Å². The molecule has 2 amide bonds. The Morgan fingerprint density at radius 3 is 2.14 bits per heavy atom. The van der Waals surface area contributed by atoms with Gasteiger partial charge in [0.15, 0.2) is 6.61 Å². The number of aryl methyl sites for hydroxylation is 2. The Morgan fingerprint density at radius 2 is 1.54 bits per heavy atom. The number of carbonyl (C=O) groups is 2. The molecule has 0 saturated heterocycles. The van der Waals surface area contributed by atoms with E-state index in [-0.39, 0.29) is 36.8 Å². The van der Waals surface area contributed by atoms with Gasteiger partial charge in [-0.05, 0) is 74.2 Å². The van der Waals surface area contributed by atoms with Crippen LogP contribution < -0.4 is 10.1 Å². The smallest absolute Gasteiger partial charge is 0.261 e. The van der Waals surface area contributed by atoms with E-state index in [9.17, 15) is 14.0 Å². The number of amides is 2. The Morgan fingerprint density at radius 1 is 0.914 bits per heavy atom. The largest absolute Gasteiger partial charge is 0.484 e. The van der Waals surface area contributed by atoms with E-state index in [0.29, 0.717) is 12.2 Å². The molecule has 0 saturated carbocycles. The molecule has 0 heterocycles. The summed E-state index contributed by atoms with van der Waals surface area (Å²) in [6.07, 6.45) is 0.343. The summed E-state index contributed by atoms with van der Waals surface area (Å²) in [5, 5.41) is 2.95. The van der Waals surface area contributed by atoms with Crippen LogP contribution in [0, 0.1) is 19.7 Å². The number of hydrogen-bond acceptors (Lipinski definition) is 3. The Bertz CT molecular complexity index is 1110. The van der Waals surface area contributed by atoms with Crippen molar-refractivity contribution in [1.82, 2.24) is 10.2 Å². The molecule has 1 N–H and O–H groups in total. The standard InChI is InChI=1S/C29H33FN2O3/c1-20(2)31-29(34)27(17-23-8-6-5-7-9-23)32(18-24-10-12-25(30)13-11-24)28(33)19-35-26-15-21(3)14-22(4)16-26/h5-16,20,27H,17-19H2,1-4H3,(H,31,34)/t27-/m0/s1. The van der Waals surface area contributed by atoms with Gasteiger partial charge < -0.3 is 15.0 Å². The minimum atomic E-state index is -0.764. The number of hydrogen-bond donors (Lipinski definition) is 1. The summed E-state index contributed by atoms with van der Waals surface area (Å²) in [5.74, 6) is -0.328. The minimum absolute atomic E-state index is 0.0879. The molecule has 5 nitrogen and oxygen atoms in total. The van der Waals surface area contributed by atoms with Crippen LogP contribution in [0.5, 0.6) is 5.75 Å². The molecule has 0 fully saturated rings. The topological polar surface area (TPSA) is 58.6 Å². The lowest BCUT2D eigenvalue weighted by atomic mass is 10.0. The monoisotopic (exact) mass is 476 g/mol. The van der Waals surface area contributed by atoms with E-state index in [2.05, 4.69) is 5.32 Å². The van der Waals surface area contributed by atoms with Crippen molar-refractivity contribution in [1.29, 1.82) is 0 Å². The third-order valence-corrected chi connectivity index (χ3v) is 5.53. The van der Waals surface area contributed by atoms with Gasteiger partial charge in [-0.15, -0.1) is 0 Å². The SMILES string of the molecule is Cc1cc(C)cc(OCC(=O)N(Cc2ccc(F)cc2)[C@@H](Cc2ccccc2)C(=O)NC(C)C)c1. The van der Waals surface area contributed by atoms with Gasteiger partial charge in [0.25, 0.3) is 5.91 Å². The van der Waals surface area contributed by atoms with Gasteiger partial charge >= 0.3 is 0 Å². The maximum atomic E-state index is 13.5. The second-order valence-electron chi connectivity index (χ2n) is 9.13. The van der Waals surface area contributed by atoms with Crippen molar-refractivity contribution in [3.63, 3.8) is 0 Å². The molecule has 6 heteroatoms. The van der Waals surface area contributed by atoms with Crippen molar-refractivity contribution in [3.05, 3.63) is 101 Å². The third-order valence-electron chi connectivity index (χ3n) is 5.53. The summed E-state index contributed by atoms with van der Waals surface area (Å²) in [6, 6.07) is 20.5. The Hall–Kier alpha value is -3.67. The van der Waals surface area contributed by atoms with E-state index in [0.717, 1.165) is 22.3 Å². The van der Waals surface area contributed by atoms with E-state index in [1.807, 2.05) is 76.2 Å². The zero-order valence-corrected chi connectivity index (χ0v) is 20.8. The van der Waals surface area contributed by atoms with Gasteiger partial charge in [-0.3, -0.25) is 9.59 Å². The van der Waals surface area contributed by atoms with Gasteiger partial charge in [-0.2, -0.15) is 0 Å². The second-order valence-corrected chi connectivity index (χ2v) is 9.13. The molecule has 0 spiro atoms. The Labute approximate surface area is 206 Å². The van der Waals surface area contributed by atoms with E-state index in [1.165, 1.54) is 17.0 Å². The molecule has 0 aliphatic rings. The first-order valence-electron chi connectivity index (χ1n) is 11.8. The van der Waals surface area contributed by atoms with Gasteiger partial charge in [0, 0.05) is 19.0 Å². The minimum Gasteiger partial charge on any atom is -0.484 e. The highest BCUT2D eigenvalue weighted by Gasteiger charge is 2.31. The van der Waals surface area contributed by atoms with Crippen LogP contribution in [0.4, 0.5) is 4.39 Å². The number of carbonyl (C=O) groups excluding carboxylic acids is 2. The van der Waals surface area contributed by atoms with Crippen molar-refractivity contribution in [3.8, 4) is 5.75 Å². The van der Waals surface area contributed by atoms with Crippen molar-refractivity contribution < 1.29 is 18.7 Å². The fraction of sp³-hybridized carbons (Fsp3) is 0.310. The molecule has 0 aliphatic carbocycles. The van der Waals surface area contributed by atoms with E-state index < -0.39 is 6.04 Å². The zero-order valence-electron chi connectivity index (χ0n) is 20.8.